The fourth-order valence-electron chi connectivity index (χ4n) is 0.336. The van der Waals surface area contributed by atoms with Gasteiger partial charge in [0, 0.05) is 12.8 Å². The van der Waals surface area contributed by atoms with Crippen molar-refractivity contribution in [3.63, 3.8) is 0 Å². The molecule has 0 bridgehead atoms. The summed E-state index contributed by atoms with van der Waals surface area (Å²) in [7, 11) is 0. The van der Waals surface area contributed by atoms with E-state index >= 15 is 0 Å². The minimum Gasteiger partial charge on any atom is -0.256 e. The molecule has 0 aromatic heterocycles. The van der Waals surface area contributed by atoms with E-state index in [9.17, 15) is 0 Å². The lowest BCUT2D eigenvalue weighted by Gasteiger charge is -1.96. The first-order chi connectivity index (χ1) is 4.91. The number of nitrogens with zero attached hydrogens (tertiary/aromatic N) is 3. The largest absolute Gasteiger partial charge is 0.256 e. The Bertz CT molecular complexity index is 109. The molecule has 0 aromatic carbocycles. The monoisotopic (exact) mass is 143 g/mol. The SMILES string of the molecule is C/C=N/N=NCNNCC. The van der Waals surface area contributed by atoms with Gasteiger partial charge in [-0.3, -0.25) is 5.43 Å². The normalized spacial score (nSPS) is 11.8. The van der Waals surface area contributed by atoms with E-state index in [1.54, 1.807) is 13.1 Å². The molecule has 2 N–H and O–H groups in total. The van der Waals surface area contributed by atoms with Gasteiger partial charge in [0.1, 0.15) is 6.67 Å². The molecule has 0 amide bonds. The highest BCUT2D eigenvalue weighted by Gasteiger charge is 1.74. The molecule has 5 heteroatoms. The first-order valence-corrected chi connectivity index (χ1v) is 3.22. The van der Waals surface area contributed by atoms with Crippen LogP contribution in [0.3, 0.4) is 0 Å². The third-order valence-electron chi connectivity index (χ3n) is 0.682. The minimum absolute atomic E-state index is 0.450. The summed E-state index contributed by atoms with van der Waals surface area (Å²) in [5, 5.41) is 10.6. The average Bonchev–Trinajstić information content (AvgIpc) is 1.97. The van der Waals surface area contributed by atoms with E-state index in [-0.39, 0.29) is 0 Å². The van der Waals surface area contributed by atoms with E-state index < -0.39 is 0 Å². The second-order valence-corrected chi connectivity index (χ2v) is 1.47. The Balaban J connectivity index is 3.02. The molecule has 0 aliphatic heterocycles. The van der Waals surface area contributed by atoms with E-state index in [2.05, 4.69) is 26.3 Å². The summed E-state index contributed by atoms with van der Waals surface area (Å²) >= 11 is 0. The maximum Gasteiger partial charge on any atom is 0.124 e. The molecule has 0 aliphatic rings. The second kappa shape index (κ2) is 8.19. The van der Waals surface area contributed by atoms with Crippen molar-refractivity contribution in [2.45, 2.75) is 13.8 Å². The van der Waals surface area contributed by atoms with Crippen molar-refractivity contribution in [3.8, 4) is 0 Å². The van der Waals surface area contributed by atoms with Crippen LogP contribution in [0.1, 0.15) is 13.8 Å². The predicted octanol–water partition coefficient (Wildman–Crippen LogP) is 0.516. The third-order valence-corrected chi connectivity index (χ3v) is 0.682. The van der Waals surface area contributed by atoms with Gasteiger partial charge in [0.25, 0.3) is 0 Å². The van der Waals surface area contributed by atoms with E-state index in [4.69, 9.17) is 0 Å². The van der Waals surface area contributed by atoms with Crippen LogP contribution in [0.15, 0.2) is 15.4 Å². The molecule has 0 fully saturated rings. The fraction of sp³-hybridized carbons (Fsp3) is 0.800. The molecule has 0 aliphatic carbocycles. The number of rotatable bonds is 5. The average molecular weight is 143 g/mol. The minimum atomic E-state index is 0.450. The van der Waals surface area contributed by atoms with Gasteiger partial charge in [0.2, 0.25) is 0 Å². The van der Waals surface area contributed by atoms with Gasteiger partial charge in [-0.25, -0.2) is 5.43 Å². The fourth-order valence-corrected chi connectivity index (χ4v) is 0.336. The quantitative estimate of drug-likeness (QED) is 0.255. The summed E-state index contributed by atoms with van der Waals surface area (Å²) in [5.74, 6) is 0. The molecule has 0 radical (unpaired) electrons. The van der Waals surface area contributed by atoms with Crippen molar-refractivity contribution in [2.75, 3.05) is 13.2 Å². The number of hydrazine groups is 1. The maximum absolute atomic E-state index is 3.65. The highest BCUT2D eigenvalue weighted by atomic mass is 15.4. The Kier molecular flexibility index (Phi) is 7.53. The van der Waals surface area contributed by atoms with Crippen LogP contribution in [0.5, 0.6) is 0 Å². The number of hydrogen-bond donors (Lipinski definition) is 2. The zero-order valence-electron chi connectivity index (χ0n) is 6.33. The third kappa shape index (κ3) is 7.19. The molecule has 10 heavy (non-hydrogen) atoms. The highest BCUT2D eigenvalue weighted by molar-refractivity contribution is 5.52. The van der Waals surface area contributed by atoms with Gasteiger partial charge in [0.15, 0.2) is 0 Å². The van der Waals surface area contributed by atoms with Gasteiger partial charge in [-0.2, -0.15) is 5.11 Å². The summed E-state index contributed by atoms with van der Waals surface area (Å²) in [6, 6.07) is 0. The summed E-state index contributed by atoms with van der Waals surface area (Å²) in [5.41, 5.74) is 5.68. The Labute approximate surface area is 60.6 Å². The summed E-state index contributed by atoms with van der Waals surface area (Å²) < 4.78 is 0. The van der Waals surface area contributed by atoms with Gasteiger partial charge < -0.3 is 0 Å². The molecular weight excluding hydrogens is 130 g/mol. The molecule has 0 aromatic rings. The smallest absolute Gasteiger partial charge is 0.124 e. The Hall–Kier alpha value is -0.810. The molecule has 58 valence electrons. The van der Waals surface area contributed by atoms with Gasteiger partial charge >= 0.3 is 0 Å². The highest BCUT2D eigenvalue weighted by Crippen LogP contribution is 1.71. The van der Waals surface area contributed by atoms with Gasteiger partial charge in [0.05, 0.1) is 0 Å². The molecule has 0 saturated heterocycles. The summed E-state index contributed by atoms with van der Waals surface area (Å²) in [4.78, 5) is 0. The Morgan fingerprint density at radius 3 is 2.80 bits per heavy atom. The van der Waals surface area contributed by atoms with Crippen molar-refractivity contribution >= 4 is 6.21 Å². The molecule has 0 rings (SSSR count). The van der Waals surface area contributed by atoms with Crippen LogP contribution in [0.2, 0.25) is 0 Å². The van der Waals surface area contributed by atoms with E-state index in [1.807, 2.05) is 6.92 Å². The van der Waals surface area contributed by atoms with Crippen LogP contribution in [0, 0.1) is 0 Å². The summed E-state index contributed by atoms with van der Waals surface area (Å²) in [6.45, 7) is 5.10. The van der Waals surface area contributed by atoms with Crippen LogP contribution in [-0.4, -0.2) is 19.4 Å². The lowest BCUT2D eigenvalue weighted by Crippen LogP contribution is -2.31. The second-order valence-electron chi connectivity index (χ2n) is 1.47. The van der Waals surface area contributed by atoms with Crippen LogP contribution < -0.4 is 10.9 Å². The van der Waals surface area contributed by atoms with Crippen molar-refractivity contribution in [3.05, 3.63) is 0 Å². The summed E-state index contributed by atoms with van der Waals surface area (Å²) in [6.07, 6.45) is 1.58. The zero-order valence-corrected chi connectivity index (χ0v) is 6.33. The first-order valence-electron chi connectivity index (χ1n) is 3.22. The van der Waals surface area contributed by atoms with Gasteiger partial charge in [-0.15, -0.1) is 5.10 Å². The number of hydrogen-bond acceptors (Lipinski definition) is 4. The molecule has 0 saturated carbocycles. The van der Waals surface area contributed by atoms with Crippen LogP contribution in [-0.2, 0) is 0 Å². The lowest BCUT2D eigenvalue weighted by atomic mass is 10.8. The molecule has 0 spiro atoms. The van der Waals surface area contributed by atoms with Crippen LogP contribution >= 0.6 is 0 Å². The van der Waals surface area contributed by atoms with Crippen molar-refractivity contribution < 1.29 is 0 Å². The molecular formula is C5H13N5. The topological polar surface area (TPSA) is 61.1 Å². The van der Waals surface area contributed by atoms with Crippen LogP contribution in [0.4, 0.5) is 0 Å². The molecule has 0 heterocycles. The molecule has 5 nitrogen and oxygen atoms in total. The maximum atomic E-state index is 3.65. The van der Waals surface area contributed by atoms with E-state index in [0.29, 0.717) is 6.67 Å². The Morgan fingerprint density at radius 2 is 2.20 bits per heavy atom. The Morgan fingerprint density at radius 1 is 1.40 bits per heavy atom. The van der Waals surface area contributed by atoms with Gasteiger partial charge in [-0.1, -0.05) is 6.92 Å². The van der Waals surface area contributed by atoms with Crippen molar-refractivity contribution in [2.24, 2.45) is 15.4 Å². The first kappa shape index (κ1) is 9.19. The van der Waals surface area contributed by atoms with Crippen molar-refractivity contribution in [1.82, 2.24) is 10.9 Å². The van der Waals surface area contributed by atoms with Crippen molar-refractivity contribution in [1.29, 1.82) is 0 Å². The molecule has 0 unspecified atom stereocenters. The standard InChI is InChI=1S/C5H13N5/c1-3-6-8-5-9-10-7-4-2/h4,6,8H,3,5H2,1-2H3/b7-4+,10-9?. The van der Waals surface area contributed by atoms with Gasteiger partial charge in [-0.05, 0) is 12.1 Å². The predicted molar refractivity (Wildman–Crippen MR) is 40.7 cm³/mol. The zero-order chi connectivity index (χ0) is 7.66. The molecule has 0 atom stereocenters. The number of nitrogens with one attached hydrogen (secondary N) is 2. The van der Waals surface area contributed by atoms with Crippen LogP contribution in [0.25, 0.3) is 0 Å². The van der Waals surface area contributed by atoms with E-state index in [1.165, 1.54) is 0 Å². The lowest BCUT2D eigenvalue weighted by molar-refractivity contribution is 0.551. The van der Waals surface area contributed by atoms with E-state index in [0.717, 1.165) is 6.54 Å².